The molecule has 1 aliphatic carbocycles. The smallest absolute Gasteiger partial charge is 0.131 e. The first kappa shape index (κ1) is 27.3. The van der Waals surface area contributed by atoms with Crippen molar-refractivity contribution in [1.29, 1.82) is 0 Å². The summed E-state index contributed by atoms with van der Waals surface area (Å²) in [6, 6.07) is 32.0. The van der Waals surface area contributed by atoms with Gasteiger partial charge in [0.05, 0.1) is 19.6 Å². The summed E-state index contributed by atoms with van der Waals surface area (Å²) >= 11 is 3.71. The van der Waals surface area contributed by atoms with Crippen LogP contribution in [0.5, 0.6) is 11.5 Å². The first-order valence-corrected chi connectivity index (χ1v) is 15.1. The van der Waals surface area contributed by atoms with Crippen molar-refractivity contribution in [2.75, 3.05) is 14.2 Å². The van der Waals surface area contributed by atoms with Crippen molar-refractivity contribution in [3.8, 4) is 11.5 Å². The summed E-state index contributed by atoms with van der Waals surface area (Å²) in [7, 11) is 3.48. The Hall–Kier alpha value is -3.89. The average molecular weight is 605 g/mol. The molecule has 1 unspecified atom stereocenters. The van der Waals surface area contributed by atoms with Crippen molar-refractivity contribution in [3.63, 3.8) is 0 Å². The molecule has 0 bridgehead atoms. The predicted molar refractivity (Wildman–Crippen MR) is 174 cm³/mol. The second-order valence-corrected chi connectivity index (χ2v) is 11.5. The number of benzene rings is 5. The molecule has 206 valence electrons. The zero-order valence-electron chi connectivity index (χ0n) is 23.6. The predicted octanol–water partition coefficient (Wildman–Crippen LogP) is 10.1. The van der Waals surface area contributed by atoms with Gasteiger partial charge in [-0.15, -0.1) is 0 Å². The number of fused-ring (bicyclic) bond motifs is 6. The van der Waals surface area contributed by atoms with Crippen LogP contribution in [0.15, 0.2) is 108 Å². The number of ether oxygens (including phenoxy) is 2. The molecule has 1 atom stereocenters. The normalized spacial score (nSPS) is 14.4. The zero-order valence-corrected chi connectivity index (χ0v) is 25.2. The van der Waals surface area contributed by atoms with Crippen LogP contribution in [0.25, 0.3) is 32.3 Å². The van der Waals surface area contributed by atoms with Gasteiger partial charge in [0.2, 0.25) is 0 Å². The Morgan fingerprint density at radius 2 is 1.59 bits per heavy atom. The summed E-state index contributed by atoms with van der Waals surface area (Å²) in [5.74, 6) is 2.36. The van der Waals surface area contributed by atoms with Crippen molar-refractivity contribution in [3.05, 3.63) is 125 Å². The minimum absolute atomic E-state index is 0.604. The number of methoxy groups -OCH3 is 2. The van der Waals surface area contributed by atoms with E-state index in [4.69, 9.17) is 9.47 Å². The molecule has 0 spiro atoms. The number of hydrogen-bond donors (Lipinski definition) is 0. The van der Waals surface area contributed by atoms with Crippen molar-refractivity contribution < 1.29 is 9.47 Å². The first-order valence-electron chi connectivity index (χ1n) is 14.3. The quantitative estimate of drug-likeness (QED) is 0.184. The number of aryl methyl sites for hydroxylation is 2. The van der Waals surface area contributed by atoms with Crippen LogP contribution in [0.3, 0.4) is 0 Å². The minimum Gasteiger partial charge on any atom is -0.496 e. The number of halogens is 1. The number of aromatic nitrogens is 1. The molecule has 3 nitrogen and oxygen atoms in total. The third-order valence-electron chi connectivity index (χ3n) is 8.36. The summed E-state index contributed by atoms with van der Waals surface area (Å²) in [4.78, 5) is 4.01. The van der Waals surface area contributed by atoms with Gasteiger partial charge in [0, 0.05) is 16.9 Å². The highest BCUT2D eigenvalue weighted by Crippen LogP contribution is 2.44. The number of pyridine rings is 1. The van der Waals surface area contributed by atoms with Crippen LogP contribution in [-0.2, 0) is 12.8 Å². The van der Waals surface area contributed by atoms with Crippen molar-refractivity contribution in [1.82, 2.24) is 4.98 Å². The lowest BCUT2D eigenvalue weighted by atomic mass is 9.77. The molecule has 0 saturated heterocycles. The van der Waals surface area contributed by atoms with Gasteiger partial charge in [-0.3, -0.25) is 4.98 Å². The third kappa shape index (κ3) is 5.54. The van der Waals surface area contributed by atoms with Crippen molar-refractivity contribution in [2.24, 2.45) is 0 Å². The SMILES string of the molecule is COc1cccc2c1c(OC)cc1c3c(ccc12)C(CCc1ccccc1Br)CCC3.c1ccc2cnccc2c1. The third-order valence-corrected chi connectivity index (χ3v) is 9.13. The lowest BCUT2D eigenvalue weighted by Crippen LogP contribution is -2.11. The molecule has 6 aromatic rings. The zero-order chi connectivity index (χ0) is 28.2. The van der Waals surface area contributed by atoms with E-state index in [2.05, 4.69) is 87.6 Å². The number of nitrogens with zero attached hydrogens (tertiary/aromatic N) is 1. The Balaban J connectivity index is 0.000000253. The fraction of sp³-hybridized carbons (Fsp3) is 0.216. The summed E-state index contributed by atoms with van der Waals surface area (Å²) < 4.78 is 12.7. The highest BCUT2D eigenvalue weighted by Gasteiger charge is 2.24. The monoisotopic (exact) mass is 603 g/mol. The van der Waals surface area contributed by atoms with Gasteiger partial charge in [0.1, 0.15) is 11.5 Å². The molecule has 1 heterocycles. The van der Waals surface area contributed by atoms with E-state index in [1.807, 2.05) is 36.7 Å². The van der Waals surface area contributed by atoms with Crippen molar-refractivity contribution in [2.45, 2.75) is 38.0 Å². The van der Waals surface area contributed by atoms with E-state index in [1.54, 1.807) is 14.2 Å². The lowest BCUT2D eigenvalue weighted by Gasteiger charge is -2.28. The van der Waals surface area contributed by atoms with Crippen LogP contribution in [0.4, 0.5) is 0 Å². The second-order valence-electron chi connectivity index (χ2n) is 10.6. The molecular weight excluding hydrogens is 570 g/mol. The minimum atomic E-state index is 0.604. The molecule has 41 heavy (non-hydrogen) atoms. The molecule has 0 radical (unpaired) electrons. The fourth-order valence-corrected chi connectivity index (χ4v) is 6.81. The van der Waals surface area contributed by atoms with Crippen LogP contribution in [-0.4, -0.2) is 19.2 Å². The van der Waals surface area contributed by atoms with Crippen LogP contribution >= 0.6 is 15.9 Å². The van der Waals surface area contributed by atoms with Crippen LogP contribution in [0.2, 0.25) is 0 Å². The molecule has 1 aliphatic rings. The second kappa shape index (κ2) is 12.3. The standard InChI is InChI=1S/C28H27BrO2.C9H7N/c1-30-26-12-6-10-23-22-16-15-20-18(13-14-19-7-3-4-11-25(19)29)8-5-9-21(20)24(22)17-27(31-2)28(23)26;1-2-4-9-7-10-6-5-8(9)3-1/h3-4,6-7,10-12,15-18H,5,8-9,13-14H2,1-2H3;1-7H. The maximum atomic E-state index is 5.83. The molecule has 1 aromatic heterocycles. The van der Waals surface area contributed by atoms with E-state index in [9.17, 15) is 0 Å². The van der Waals surface area contributed by atoms with Gasteiger partial charge in [0.15, 0.2) is 0 Å². The molecule has 0 aliphatic heterocycles. The van der Waals surface area contributed by atoms with Gasteiger partial charge >= 0.3 is 0 Å². The van der Waals surface area contributed by atoms with Gasteiger partial charge in [-0.2, -0.15) is 0 Å². The molecule has 4 heteroatoms. The topological polar surface area (TPSA) is 31.4 Å². The summed E-state index contributed by atoms with van der Waals surface area (Å²) in [5, 5.41) is 7.33. The molecule has 0 saturated carbocycles. The van der Waals surface area contributed by atoms with E-state index >= 15 is 0 Å². The molecule has 0 N–H and O–H groups in total. The highest BCUT2D eigenvalue weighted by molar-refractivity contribution is 9.10. The molecular formula is C37H34BrNO2. The summed E-state index contributed by atoms with van der Waals surface area (Å²) in [6.45, 7) is 0. The van der Waals surface area contributed by atoms with Gasteiger partial charge < -0.3 is 9.47 Å². The van der Waals surface area contributed by atoms with E-state index in [0.717, 1.165) is 29.7 Å². The van der Waals surface area contributed by atoms with Gasteiger partial charge in [0.25, 0.3) is 0 Å². The first-order chi connectivity index (χ1) is 20.2. The van der Waals surface area contributed by atoms with Gasteiger partial charge in [-0.25, -0.2) is 0 Å². The Morgan fingerprint density at radius 1 is 0.780 bits per heavy atom. The van der Waals surface area contributed by atoms with E-state index in [0.29, 0.717) is 5.92 Å². The van der Waals surface area contributed by atoms with Crippen LogP contribution < -0.4 is 9.47 Å². The molecule has 7 rings (SSSR count). The highest BCUT2D eigenvalue weighted by atomic mass is 79.9. The Bertz CT molecular complexity index is 1760. The van der Waals surface area contributed by atoms with Crippen molar-refractivity contribution >= 4 is 48.2 Å². The Labute approximate surface area is 250 Å². The average Bonchev–Trinajstić information content (AvgIpc) is 3.03. The van der Waals surface area contributed by atoms with E-state index in [1.165, 1.54) is 67.4 Å². The number of rotatable bonds is 5. The molecule has 0 amide bonds. The fourth-order valence-electron chi connectivity index (χ4n) is 6.33. The summed E-state index contributed by atoms with van der Waals surface area (Å²) in [6.07, 6.45) is 9.60. The maximum absolute atomic E-state index is 5.83. The van der Waals surface area contributed by atoms with E-state index < -0.39 is 0 Å². The lowest BCUT2D eigenvalue weighted by molar-refractivity contribution is 0.405. The summed E-state index contributed by atoms with van der Waals surface area (Å²) in [5.41, 5.74) is 4.43. The maximum Gasteiger partial charge on any atom is 0.131 e. The molecule has 0 fully saturated rings. The Kier molecular flexibility index (Phi) is 8.20. The number of hydrogen-bond acceptors (Lipinski definition) is 3. The van der Waals surface area contributed by atoms with E-state index in [-0.39, 0.29) is 0 Å². The van der Waals surface area contributed by atoms with Crippen LogP contribution in [0.1, 0.15) is 41.9 Å². The molecule has 5 aromatic carbocycles. The van der Waals surface area contributed by atoms with Gasteiger partial charge in [-0.1, -0.05) is 82.7 Å². The largest absolute Gasteiger partial charge is 0.496 e. The van der Waals surface area contributed by atoms with Gasteiger partial charge in [-0.05, 0) is 106 Å². The van der Waals surface area contributed by atoms with Crippen LogP contribution in [0, 0.1) is 0 Å². The Morgan fingerprint density at radius 3 is 2.39 bits per heavy atom.